The van der Waals surface area contributed by atoms with Crippen LogP contribution in [0.5, 0.6) is 0 Å². The number of piperazine rings is 1. The topological polar surface area (TPSA) is 61.4 Å². The second kappa shape index (κ2) is 8.11. The molecule has 170 valence electrons. The molecule has 3 amide bonds. The number of rotatable bonds is 4. The van der Waals surface area contributed by atoms with Crippen molar-refractivity contribution in [2.75, 3.05) is 13.1 Å². The van der Waals surface area contributed by atoms with Gasteiger partial charge in [-0.15, -0.1) is 0 Å². The van der Waals surface area contributed by atoms with E-state index in [0.29, 0.717) is 0 Å². The second-order valence-electron chi connectivity index (χ2n) is 8.43. The van der Waals surface area contributed by atoms with Crippen molar-refractivity contribution in [1.82, 2.24) is 15.5 Å². The summed E-state index contributed by atoms with van der Waals surface area (Å²) < 4.78 is 67.3. The standard InChI is InChI=1S/C20H21ClF5N3O2/c21-14-13(22)4-3-12(15(14)23)16(10-7-11(8-10)20(24,25)26)28-19(31)29-6-5-27-18(30)17(29)9-1-2-9/h3-4,9-11,16-17H,1-2,5-8H2,(H,27,30)(H,28,31)/t10?,11?,16-,17?/m0/s1. The van der Waals surface area contributed by atoms with Crippen LogP contribution in [0.3, 0.4) is 0 Å². The van der Waals surface area contributed by atoms with Gasteiger partial charge in [0.25, 0.3) is 0 Å². The van der Waals surface area contributed by atoms with Gasteiger partial charge < -0.3 is 15.5 Å². The van der Waals surface area contributed by atoms with Gasteiger partial charge in [-0.1, -0.05) is 17.7 Å². The normalized spacial score (nSPS) is 27.4. The summed E-state index contributed by atoms with van der Waals surface area (Å²) in [6.07, 6.45) is -3.39. The molecule has 3 aliphatic rings. The van der Waals surface area contributed by atoms with E-state index in [0.717, 1.165) is 25.0 Å². The zero-order valence-electron chi connectivity index (χ0n) is 16.3. The Balaban J connectivity index is 1.58. The zero-order chi connectivity index (χ0) is 22.5. The van der Waals surface area contributed by atoms with Crippen molar-refractivity contribution in [3.63, 3.8) is 0 Å². The first-order valence-electron chi connectivity index (χ1n) is 10.1. The van der Waals surface area contributed by atoms with Crippen LogP contribution in [0.4, 0.5) is 26.7 Å². The smallest absolute Gasteiger partial charge is 0.353 e. The quantitative estimate of drug-likeness (QED) is 0.518. The fourth-order valence-electron chi connectivity index (χ4n) is 4.44. The number of urea groups is 1. The molecule has 2 saturated carbocycles. The highest BCUT2D eigenvalue weighted by Crippen LogP contribution is 2.50. The van der Waals surface area contributed by atoms with E-state index >= 15 is 0 Å². The van der Waals surface area contributed by atoms with E-state index in [1.165, 1.54) is 4.90 Å². The van der Waals surface area contributed by atoms with Crippen LogP contribution in [0.25, 0.3) is 0 Å². The molecule has 1 aliphatic heterocycles. The Bertz CT molecular complexity index is 886. The lowest BCUT2D eigenvalue weighted by Gasteiger charge is -2.43. The lowest BCUT2D eigenvalue weighted by molar-refractivity contribution is -0.206. The van der Waals surface area contributed by atoms with Crippen LogP contribution in [0.1, 0.15) is 37.3 Å². The van der Waals surface area contributed by atoms with Crippen molar-refractivity contribution in [3.05, 3.63) is 34.4 Å². The van der Waals surface area contributed by atoms with Gasteiger partial charge >= 0.3 is 12.2 Å². The molecule has 31 heavy (non-hydrogen) atoms. The molecule has 4 rings (SSSR count). The van der Waals surface area contributed by atoms with Gasteiger partial charge in [-0.05, 0) is 43.6 Å². The molecule has 2 atom stereocenters. The molecule has 1 aromatic rings. The lowest BCUT2D eigenvalue weighted by atomic mass is 9.69. The summed E-state index contributed by atoms with van der Waals surface area (Å²) in [6.45, 7) is 0.477. The summed E-state index contributed by atoms with van der Waals surface area (Å²) >= 11 is 5.67. The SMILES string of the molecule is O=C1NCCN(C(=O)N[C@H](c2ccc(F)c(Cl)c2F)C2CC(C(F)(F)F)C2)C1C1CC1. The van der Waals surface area contributed by atoms with Crippen molar-refractivity contribution in [3.8, 4) is 0 Å². The Labute approximate surface area is 180 Å². The average molecular weight is 466 g/mol. The van der Waals surface area contributed by atoms with E-state index in [-0.39, 0.29) is 43.3 Å². The Hall–Kier alpha value is -2.10. The molecule has 0 bridgehead atoms. The van der Waals surface area contributed by atoms with E-state index in [2.05, 4.69) is 10.6 Å². The van der Waals surface area contributed by atoms with Gasteiger partial charge in [0.1, 0.15) is 22.7 Å². The Morgan fingerprint density at radius 3 is 2.52 bits per heavy atom. The molecule has 1 heterocycles. The molecular formula is C20H21ClF5N3O2. The summed E-state index contributed by atoms with van der Waals surface area (Å²) in [7, 11) is 0. The Kier molecular flexibility index (Phi) is 5.78. The summed E-state index contributed by atoms with van der Waals surface area (Å²) in [6, 6.07) is -0.452. The van der Waals surface area contributed by atoms with E-state index in [1.807, 2.05) is 0 Å². The molecule has 2 aliphatic carbocycles. The number of nitrogens with zero attached hydrogens (tertiary/aromatic N) is 1. The van der Waals surface area contributed by atoms with Gasteiger partial charge in [0.15, 0.2) is 0 Å². The number of benzene rings is 1. The molecule has 1 unspecified atom stereocenters. The third-order valence-corrected chi connectivity index (χ3v) is 6.72. The van der Waals surface area contributed by atoms with Crippen molar-refractivity contribution in [1.29, 1.82) is 0 Å². The van der Waals surface area contributed by atoms with E-state index in [1.54, 1.807) is 0 Å². The maximum Gasteiger partial charge on any atom is 0.391 e. The van der Waals surface area contributed by atoms with Gasteiger partial charge in [-0.3, -0.25) is 4.79 Å². The first-order chi connectivity index (χ1) is 14.6. The number of hydrogen-bond acceptors (Lipinski definition) is 2. The van der Waals surface area contributed by atoms with E-state index in [9.17, 15) is 31.5 Å². The third kappa shape index (κ3) is 4.31. The highest BCUT2D eigenvalue weighted by Gasteiger charge is 2.51. The number of amides is 3. The molecule has 3 fully saturated rings. The van der Waals surface area contributed by atoms with Crippen LogP contribution in [-0.4, -0.2) is 42.1 Å². The molecule has 0 spiro atoms. The average Bonchev–Trinajstić information content (AvgIpc) is 3.48. The highest BCUT2D eigenvalue weighted by molar-refractivity contribution is 6.31. The molecule has 2 N–H and O–H groups in total. The predicted octanol–water partition coefficient (Wildman–Crippen LogP) is 4.17. The Morgan fingerprint density at radius 2 is 1.90 bits per heavy atom. The molecular weight excluding hydrogens is 445 g/mol. The van der Waals surface area contributed by atoms with Crippen LogP contribution in [0.15, 0.2) is 12.1 Å². The van der Waals surface area contributed by atoms with Crippen molar-refractivity contribution in [2.45, 2.75) is 43.9 Å². The van der Waals surface area contributed by atoms with Crippen molar-refractivity contribution in [2.24, 2.45) is 17.8 Å². The van der Waals surface area contributed by atoms with Crippen molar-refractivity contribution < 1.29 is 31.5 Å². The minimum atomic E-state index is -4.38. The van der Waals surface area contributed by atoms with Gasteiger partial charge in [-0.25, -0.2) is 13.6 Å². The van der Waals surface area contributed by atoms with Crippen LogP contribution >= 0.6 is 11.6 Å². The monoisotopic (exact) mass is 465 g/mol. The van der Waals surface area contributed by atoms with E-state index in [4.69, 9.17) is 11.6 Å². The van der Waals surface area contributed by atoms with Crippen molar-refractivity contribution >= 4 is 23.5 Å². The number of carbonyl (C=O) groups excluding carboxylic acids is 2. The highest BCUT2D eigenvalue weighted by atomic mass is 35.5. The van der Waals surface area contributed by atoms with Gasteiger partial charge in [0, 0.05) is 18.7 Å². The van der Waals surface area contributed by atoms with Crippen LogP contribution in [0, 0.1) is 29.4 Å². The zero-order valence-corrected chi connectivity index (χ0v) is 17.1. The summed E-state index contributed by atoms with van der Waals surface area (Å²) in [4.78, 5) is 26.7. The summed E-state index contributed by atoms with van der Waals surface area (Å²) in [5.74, 6) is -4.62. The molecule has 0 radical (unpaired) electrons. The number of hydrogen-bond donors (Lipinski definition) is 2. The first kappa shape index (κ1) is 22.1. The third-order valence-electron chi connectivity index (χ3n) is 6.37. The summed E-state index contributed by atoms with van der Waals surface area (Å²) in [5.41, 5.74) is -0.171. The maximum atomic E-state index is 14.7. The lowest BCUT2D eigenvalue weighted by Crippen LogP contribution is -2.61. The molecule has 11 heteroatoms. The van der Waals surface area contributed by atoms with E-state index < -0.39 is 52.8 Å². The Morgan fingerprint density at radius 1 is 1.23 bits per heavy atom. The summed E-state index contributed by atoms with van der Waals surface area (Å²) in [5, 5.41) is 4.54. The fraction of sp³-hybridized carbons (Fsp3) is 0.600. The van der Waals surface area contributed by atoms with Gasteiger partial charge in [0.05, 0.1) is 12.0 Å². The number of carbonyl (C=O) groups is 2. The first-order valence-corrected chi connectivity index (χ1v) is 10.5. The maximum absolute atomic E-state index is 14.7. The molecule has 1 saturated heterocycles. The second-order valence-corrected chi connectivity index (χ2v) is 8.81. The van der Waals surface area contributed by atoms with Gasteiger partial charge in [-0.2, -0.15) is 13.2 Å². The van der Waals surface area contributed by atoms with Gasteiger partial charge in [0.2, 0.25) is 5.91 Å². The number of alkyl halides is 3. The number of nitrogens with one attached hydrogen (secondary N) is 2. The van der Waals surface area contributed by atoms with Crippen LogP contribution in [0.2, 0.25) is 5.02 Å². The van der Waals surface area contributed by atoms with Crippen LogP contribution in [-0.2, 0) is 4.79 Å². The minimum absolute atomic E-state index is 0.0276. The molecule has 0 aromatic heterocycles. The number of halogens is 6. The predicted molar refractivity (Wildman–Crippen MR) is 101 cm³/mol. The molecule has 1 aromatic carbocycles. The minimum Gasteiger partial charge on any atom is -0.353 e. The fourth-order valence-corrected chi connectivity index (χ4v) is 4.61. The largest absolute Gasteiger partial charge is 0.391 e. The molecule has 5 nitrogen and oxygen atoms in total. The van der Waals surface area contributed by atoms with Crippen LogP contribution < -0.4 is 10.6 Å².